The van der Waals surface area contributed by atoms with Gasteiger partial charge in [0.1, 0.15) is 0 Å². The molecule has 3 rings (SSSR count). The number of hydrogen-bond acceptors (Lipinski definition) is 3. The number of nitrogens with zero attached hydrogens (tertiary/aromatic N) is 1. The second kappa shape index (κ2) is 12.8. The number of carbonyl (C=O) groups is 1. The van der Waals surface area contributed by atoms with Gasteiger partial charge < -0.3 is 5.32 Å². The molecule has 3 aromatic rings. The predicted molar refractivity (Wildman–Crippen MR) is 140 cm³/mol. The normalized spacial score (nSPS) is 11.5. The highest BCUT2D eigenvalue weighted by atomic mass is 79.9. The van der Waals surface area contributed by atoms with Crippen LogP contribution in [0.4, 0.5) is 0 Å². The van der Waals surface area contributed by atoms with Gasteiger partial charge >= 0.3 is 0 Å². The van der Waals surface area contributed by atoms with E-state index in [1.807, 2.05) is 11.8 Å². The van der Waals surface area contributed by atoms with Crippen molar-refractivity contribution in [2.75, 3.05) is 30.8 Å². The smallest absolute Gasteiger partial charge is 0.234 e. The van der Waals surface area contributed by atoms with Gasteiger partial charge in [0, 0.05) is 12.3 Å². The number of alkyl halides is 1. The Morgan fingerprint density at radius 2 is 1.34 bits per heavy atom. The van der Waals surface area contributed by atoms with E-state index in [0.717, 1.165) is 18.7 Å². The summed E-state index contributed by atoms with van der Waals surface area (Å²) >= 11 is 5.34. The number of hydrogen-bond donors (Lipinski definition) is 1. The number of amides is 1. The third-order valence-electron chi connectivity index (χ3n) is 5.36. The molecule has 0 radical (unpaired) electrons. The summed E-state index contributed by atoms with van der Waals surface area (Å²) in [6.45, 7) is 4.08. The van der Waals surface area contributed by atoms with Gasteiger partial charge in [0.25, 0.3) is 0 Å². The first kappa shape index (κ1) is 24.6. The van der Waals surface area contributed by atoms with Crippen LogP contribution in [0.15, 0.2) is 91.0 Å². The van der Waals surface area contributed by atoms with Crippen LogP contribution >= 0.6 is 27.7 Å². The van der Waals surface area contributed by atoms with Crippen LogP contribution in [0.1, 0.15) is 30.0 Å². The van der Waals surface area contributed by atoms with Gasteiger partial charge in [0.15, 0.2) is 0 Å². The summed E-state index contributed by atoms with van der Waals surface area (Å²) in [6.07, 6.45) is 1.03. The molecule has 0 atom stereocenters. The Labute approximate surface area is 204 Å². The van der Waals surface area contributed by atoms with E-state index in [0.29, 0.717) is 18.5 Å². The number of carbonyl (C=O) groups excluding carboxylic acids is 1. The quantitative estimate of drug-likeness (QED) is 0.142. The van der Waals surface area contributed by atoms with Gasteiger partial charge in [-0.2, -0.15) is 0 Å². The Morgan fingerprint density at radius 3 is 1.75 bits per heavy atom. The number of halogens is 1. The molecule has 5 heteroatoms. The fourth-order valence-electron chi connectivity index (χ4n) is 3.92. The summed E-state index contributed by atoms with van der Waals surface area (Å²) in [5.74, 6) is 0.871. The van der Waals surface area contributed by atoms with Crippen LogP contribution in [0, 0.1) is 0 Å². The number of benzene rings is 3. The Kier molecular flexibility index (Phi) is 9.85. The minimum atomic E-state index is -0.349. The first-order valence-electron chi connectivity index (χ1n) is 11.1. The van der Waals surface area contributed by atoms with Gasteiger partial charge in [0.05, 0.1) is 16.7 Å². The van der Waals surface area contributed by atoms with Gasteiger partial charge in [-0.05, 0) is 29.7 Å². The molecule has 0 spiro atoms. The van der Waals surface area contributed by atoms with Crippen LogP contribution in [0.3, 0.4) is 0 Å². The van der Waals surface area contributed by atoms with E-state index in [4.69, 9.17) is 0 Å². The summed E-state index contributed by atoms with van der Waals surface area (Å²) in [7, 11) is 0. The first-order chi connectivity index (χ1) is 15.7. The lowest BCUT2D eigenvalue weighted by Gasteiger charge is -2.35. The van der Waals surface area contributed by atoms with E-state index in [-0.39, 0.29) is 10.7 Å². The average molecular weight is 512 g/mol. The van der Waals surface area contributed by atoms with Crippen LogP contribution in [0.25, 0.3) is 0 Å². The van der Waals surface area contributed by atoms with E-state index in [1.165, 1.54) is 16.7 Å². The molecule has 1 N–H and O–H groups in total. The standard InChI is InChI=1S/C27H31BrN2OS/c1-2-19-30(22-28)21-26(31)29-18-20-32-27(23-12-6-3-7-13-23,24-14-8-4-9-15-24)25-16-10-5-11-17-25/h3-17H,2,18-22H2,1H3,(H,29,31). The highest BCUT2D eigenvalue weighted by Gasteiger charge is 2.36. The zero-order valence-electron chi connectivity index (χ0n) is 18.5. The Bertz CT molecular complexity index is 841. The molecule has 3 nitrogen and oxygen atoms in total. The maximum absolute atomic E-state index is 12.4. The number of rotatable bonds is 12. The molecule has 32 heavy (non-hydrogen) atoms. The number of nitrogens with one attached hydrogen (secondary N) is 1. The summed E-state index contributed by atoms with van der Waals surface area (Å²) in [6, 6.07) is 32.0. The molecule has 0 aliphatic carbocycles. The maximum atomic E-state index is 12.4. The second-order valence-corrected chi connectivity index (χ2v) is 9.46. The third kappa shape index (κ3) is 6.25. The monoisotopic (exact) mass is 510 g/mol. The molecule has 168 valence electrons. The fraction of sp³-hybridized carbons (Fsp3) is 0.296. The summed E-state index contributed by atoms with van der Waals surface area (Å²) < 4.78 is -0.349. The SMILES string of the molecule is CCCN(CBr)CC(=O)NCCSC(c1ccccc1)(c1ccccc1)c1ccccc1. The minimum Gasteiger partial charge on any atom is -0.354 e. The van der Waals surface area contributed by atoms with E-state index in [1.54, 1.807) is 0 Å². The molecule has 0 aromatic heterocycles. The molecule has 0 unspecified atom stereocenters. The lowest BCUT2D eigenvalue weighted by Crippen LogP contribution is -2.38. The van der Waals surface area contributed by atoms with Crippen molar-refractivity contribution in [1.82, 2.24) is 10.2 Å². The van der Waals surface area contributed by atoms with Crippen molar-refractivity contribution >= 4 is 33.6 Å². The molecule has 0 saturated heterocycles. The van der Waals surface area contributed by atoms with E-state index in [9.17, 15) is 4.79 Å². The molecular formula is C27H31BrN2OS. The highest BCUT2D eigenvalue weighted by Crippen LogP contribution is 2.48. The third-order valence-corrected chi connectivity index (χ3v) is 7.62. The van der Waals surface area contributed by atoms with Gasteiger partial charge in [0.2, 0.25) is 5.91 Å². The van der Waals surface area contributed by atoms with Crippen LogP contribution in [-0.2, 0) is 9.54 Å². The molecule has 0 heterocycles. The lowest BCUT2D eigenvalue weighted by atomic mass is 9.84. The number of thioether (sulfide) groups is 1. The van der Waals surface area contributed by atoms with Crippen molar-refractivity contribution in [3.05, 3.63) is 108 Å². The average Bonchev–Trinajstić information content (AvgIpc) is 2.85. The van der Waals surface area contributed by atoms with Crippen molar-refractivity contribution in [2.24, 2.45) is 0 Å². The van der Waals surface area contributed by atoms with Crippen molar-refractivity contribution in [3.8, 4) is 0 Å². The summed E-state index contributed by atoms with van der Waals surface area (Å²) in [5.41, 5.74) is 4.42. The Hall–Kier alpha value is -2.08. The molecule has 3 aromatic carbocycles. The predicted octanol–water partition coefficient (Wildman–Crippen LogP) is 5.89. The first-order valence-corrected chi connectivity index (χ1v) is 13.2. The van der Waals surface area contributed by atoms with Crippen LogP contribution in [-0.4, -0.2) is 41.6 Å². The van der Waals surface area contributed by atoms with Gasteiger partial charge in [-0.3, -0.25) is 9.69 Å². The van der Waals surface area contributed by atoms with Gasteiger partial charge in [-0.25, -0.2) is 0 Å². The zero-order valence-corrected chi connectivity index (χ0v) is 20.9. The lowest BCUT2D eigenvalue weighted by molar-refractivity contribution is -0.121. The van der Waals surface area contributed by atoms with Gasteiger partial charge in [-0.15, -0.1) is 11.8 Å². The topological polar surface area (TPSA) is 32.3 Å². The Balaban J connectivity index is 1.82. The molecule has 0 fully saturated rings. The van der Waals surface area contributed by atoms with E-state index in [2.05, 4.69) is 124 Å². The molecule has 0 aliphatic rings. The zero-order chi connectivity index (χ0) is 22.7. The van der Waals surface area contributed by atoms with E-state index < -0.39 is 0 Å². The van der Waals surface area contributed by atoms with Crippen molar-refractivity contribution in [2.45, 2.75) is 18.1 Å². The maximum Gasteiger partial charge on any atom is 0.234 e. The van der Waals surface area contributed by atoms with Gasteiger partial charge in [-0.1, -0.05) is 114 Å². The highest BCUT2D eigenvalue weighted by molar-refractivity contribution is 9.09. The minimum absolute atomic E-state index is 0.0724. The molecular weight excluding hydrogens is 480 g/mol. The van der Waals surface area contributed by atoms with Crippen molar-refractivity contribution < 1.29 is 4.79 Å². The van der Waals surface area contributed by atoms with Crippen LogP contribution in [0.5, 0.6) is 0 Å². The van der Waals surface area contributed by atoms with Crippen LogP contribution < -0.4 is 5.32 Å². The fourth-order valence-corrected chi connectivity index (χ4v) is 5.77. The largest absolute Gasteiger partial charge is 0.354 e. The molecule has 0 aliphatic heterocycles. The molecule has 0 bridgehead atoms. The van der Waals surface area contributed by atoms with Crippen molar-refractivity contribution in [1.29, 1.82) is 0 Å². The summed E-state index contributed by atoms with van der Waals surface area (Å²) in [4.78, 5) is 14.5. The van der Waals surface area contributed by atoms with Crippen LogP contribution in [0.2, 0.25) is 0 Å². The molecule has 0 saturated carbocycles. The van der Waals surface area contributed by atoms with Crippen molar-refractivity contribution in [3.63, 3.8) is 0 Å². The Morgan fingerprint density at radius 1 is 0.875 bits per heavy atom. The van der Waals surface area contributed by atoms with E-state index >= 15 is 0 Å². The second-order valence-electron chi connectivity index (χ2n) is 7.65. The molecule has 1 amide bonds. The summed E-state index contributed by atoms with van der Waals surface area (Å²) in [5, 5.41) is 3.11.